The molecule has 78 valence electrons. The number of rotatable bonds is 5. The lowest BCUT2D eigenvalue weighted by atomic mass is 10.2. The van der Waals surface area contributed by atoms with E-state index in [2.05, 4.69) is 36.3 Å². The number of unbranched alkanes of at least 4 members (excludes halogenated alkanes) is 2. The van der Waals surface area contributed by atoms with Gasteiger partial charge in [0.25, 0.3) is 0 Å². The number of nitrogens with zero attached hydrogens (tertiary/aromatic N) is 1. The minimum absolute atomic E-state index is 1.05. The molecule has 2 heteroatoms. The van der Waals surface area contributed by atoms with Gasteiger partial charge in [-0.25, -0.2) is 0 Å². The molecular weight excluding hydrogens is 172 g/mol. The van der Waals surface area contributed by atoms with Gasteiger partial charge in [-0.3, -0.25) is 4.98 Å². The van der Waals surface area contributed by atoms with Crippen LogP contribution in [-0.2, 0) is 0 Å². The molecule has 0 atom stereocenters. The number of hydrogen-bond donors (Lipinski definition) is 1. The lowest BCUT2D eigenvalue weighted by Gasteiger charge is -2.08. The second-order valence-corrected chi connectivity index (χ2v) is 3.72. The van der Waals surface area contributed by atoms with E-state index < -0.39 is 0 Å². The summed E-state index contributed by atoms with van der Waals surface area (Å²) in [6.45, 7) is 7.35. The summed E-state index contributed by atoms with van der Waals surface area (Å²) in [5.41, 5.74) is 3.36. The number of nitrogens with one attached hydrogen (secondary N) is 1. The molecular formula is C12H20N2. The summed E-state index contributed by atoms with van der Waals surface area (Å²) in [7, 11) is 0. The van der Waals surface area contributed by atoms with Crippen LogP contribution in [0, 0.1) is 13.8 Å². The molecule has 0 aliphatic heterocycles. The van der Waals surface area contributed by atoms with E-state index in [4.69, 9.17) is 0 Å². The van der Waals surface area contributed by atoms with E-state index in [1.807, 2.05) is 6.92 Å². The molecule has 0 aromatic carbocycles. The highest BCUT2D eigenvalue weighted by molar-refractivity contribution is 5.47. The van der Waals surface area contributed by atoms with Crippen molar-refractivity contribution in [1.29, 1.82) is 0 Å². The van der Waals surface area contributed by atoms with Gasteiger partial charge in [0.15, 0.2) is 0 Å². The molecule has 1 aromatic heterocycles. The topological polar surface area (TPSA) is 24.9 Å². The van der Waals surface area contributed by atoms with Crippen LogP contribution in [0.4, 0.5) is 5.69 Å². The molecule has 0 amide bonds. The van der Waals surface area contributed by atoms with Gasteiger partial charge in [0.1, 0.15) is 0 Å². The van der Waals surface area contributed by atoms with E-state index in [1.165, 1.54) is 24.9 Å². The maximum Gasteiger partial charge on any atom is 0.0606 e. The normalized spacial score (nSPS) is 10.2. The standard InChI is InChI=1S/C12H20N2/c1-4-5-6-9-13-12-8-7-10(2)14-11(12)3/h7-8,13H,4-6,9H2,1-3H3. The smallest absolute Gasteiger partial charge is 0.0606 e. The fraction of sp³-hybridized carbons (Fsp3) is 0.583. The minimum Gasteiger partial charge on any atom is -0.384 e. The van der Waals surface area contributed by atoms with Gasteiger partial charge in [-0.05, 0) is 32.4 Å². The molecule has 0 saturated heterocycles. The number of pyridine rings is 1. The maximum atomic E-state index is 4.41. The van der Waals surface area contributed by atoms with Crippen LogP contribution in [-0.4, -0.2) is 11.5 Å². The molecule has 1 N–H and O–H groups in total. The van der Waals surface area contributed by atoms with Gasteiger partial charge in [-0.1, -0.05) is 19.8 Å². The first-order chi connectivity index (χ1) is 6.74. The lowest BCUT2D eigenvalue weighted by molar-refractivity contribution is 0.743. The van der Waals surface area contributed by atoms with Crippen LogP contribution < -0.4 is 5.32 Å². The zero-order valence-corrected chi connectivity index (χ0v) is 9.43. The van der Waals surface area contributed by atoms with Crippen LogP contribution in [0.2, 0.25) is 0 Å². The van der Waals surface area contributed by atoms with Crippen molar-refractivity contribution < 1.29 is 0 Å². The third kappa shape index (κ3) is 3.36. The molecule has 0 saturated carbocycles. The fourth-order valence-corrected chi connectivity index (χ4v) is 1.47. The first kappa shape index (κ1) is 11.0. The van der Waals surface area contributed by atoms with Crippen molar-refractivity contribution in [3.05, 3.63) is 23.5 Å². The number of aryl methyl sites for hydroxylation is 2. The summed E-state index contributed by atoms with van der Waals surface area (Å²) in [5.74, 6) is 0. The predicted molar refractivity (Wildman–Crippen MR) is 61.7 cm³/mol. The molecule has 0 bridgehead atoms. The van der Waals surface area contributed by atoms with Crippen LogP contribution in [0.5, 0.6) is 0 Å². The Hall–Kier alpha value is -1.05. The third-order valence-corrected chi connectivity index (χ3v) is 2.32. The summed E-state index contributed by atoms with van der Waals surface area (Å²) in [4.78, 5) is 4.41. The first-order valence-corrected chi connectivity index (χ1v) is 5.42. The van der Waals surface area contributed by atoms with Crippen molar-refractivity contribution >= 4 is 5.69 Å². The zero-order valence-electron chi connectivity index (χ0n) is 9.43. The monoisotopic (exact) mass is 192 g/mol. The number of hydrogen-bond acceptors (Lipinski definition) is 2. The van der Waals surface area contributed by atoms with Crippen molar-refractivity contribution in [2.24, 2.45) is 0 Å². The van der Waals surface area contributed by atoms with Crippen molar-refractivity contribution in [2.45, 2.75) is 40.0 Å². The first-order valence-electron chi connectivity index (χ1n) is 5.42. The maximum absolute atomic E-state index is 4.41. The molecule has 0 fully saturated rings. The molecule has 1 aromatic rings. The van der Waals surface area contributed by atoms with Crippen molar-refractivity contribution in [1.82, 2.24) is 4.98 Å². The molecule has 1 heterocycles. The highest BCUT2D eigenvalue weighted by Crippen LogP contribution is 2.12. The Kier molecular flexibility index (Phi) is 4.44. The second-order valence-electron chi connectivity index (χ2n) is 3.72. The third-order valence-electron chi connectivity index (χ3n) is 2.32. The Morgan fingerprint density at radius 3 is 2.64 bits per heavy atom. The fourth-order valence-electron chi connectivity index (χ4n) is 1.47. The molecule has 0 aliphatic rings. The van der Waals surface area contributed by atoms with Gasteiger partial charge in [0.2, 0.25) is 0 Å². The summed E-state index contributed by atoms with van der Waals surface area (Å²) in [5, 5.41) is 3.41. The van der Waals surface area contributed by atoms with E-state index in [-0.39, 0.29) is 0 Å². The summed E-state index contributed by atoms with van der Waals surface area (Å²) in [6.07, 6.45) is 3.81. The summed E-state index contributed by atoms with van der Waals surface area (Å²) >= 11 is 0. The van der Waals surface area contributed by atoms with E-state index >= 15 is 0 Å². The molecule has 14 heavy (non-hydrogen) atoms. The predicted octanol–water partition coefficient (Wildman–Crippen LogP) is 3.30. The van der Waals surface area contributed by atoms with Crippen LogP contribution >= 0.6 is 0 Å². The Labute approximate surface area is 86.8 Å². The quantitative estimate of drug-likeness (QED) is 0.724. The van der Waals surface area contributed by atoms with Gasteiger partial charge in [-0.2, -0.15) is 0 Å². The van der Waals surface area contributed by atoms with Gasteiger partial charge >= 0.3 is 0 Å². The minimum atomic E-state index is 1.05. The van der Waals surface area contributed by atoms with E-state index in [9.17, 15) is 0 Å². The lowest BCUT2D eigenvalue weighted by Crippen LogP contribution is -2.04. The Bertz CT molecular complexity index is 282. The van der Waals surface area contributed by atoms with Crippen LogP contribution in [0.3, 0.4) is 0 Å². The Morgan fingerprint density at radius 1 is 1.21 bits per heavy atom. The van der Waals surface area contributed by atoms with Gasteiger partial charge in [0.05, 0.1) is 11.4 Å². The Balaban J connectivity index is 2.42. The van der Waals surface area contributed by atoms with E-state index in [0.717, 1.165) is 17.9 Å². The molecule has 0 unspecified atom stereocenters. The molecule has 0 radical (unpaired) electrons. The molecule has 2 nitrogen and oxygen atoms in total. The van der Waals surface area contributed by atoms with Crippen molar-refractivity contribution in [3.8, 4) is 0 Å². The number of aromatic nitrogens is 1. The zero-order chi connectivity index (χ0) is 10.4. The summed E-state index contributed by atoms with van der Waals surface area (Å²) in [6, 6.07) is 4.17. The highest BCUT2D eigenvalue weighted by atomic mass is 14.9. The largest absolute Gasteiger partial charge is 0.384 e. The average molecular weight is 192 g/mol. The van der Waals surface area contributed by atoms with Gasteiger partial charge in [0, 0.05) is 12.2 Å². The average Bonchev–Trinajstić information content (AvgIpc) is 2.15. The van der Waals surface area contributed by atoms with Crippen LogP contribution in [0.15, 0.2) is 12.1 Å². The Morgan fingerprint density at radius 2 is 2.00 bits per heavy atom. The number of anilines is 1. The van der Waals surface area contributed by atoms with Crippen LogP contribution in [0.1, 0.15) is 37.6 Å². The molecule has 1 rings (SSSR count). The van der Waals surface area contributed by atoms with E-state index in [0.29, 0.717) is 0 Å². The van der Waals surface area contributed by atoms with Gasteiger partial charge < -0.3 is 5.32 Å². The molecule has 0 aliphatic carbocycles. The molecule has 0 spiro atoms. The highest BCUT2D eigenvalue weighted by Gasteiger charge is 1.97. The summed E-state index contributed by atoms with van der Waals surface area (Å²) < 4.78 is 0. The van der Waals surface area contributed by atoms with Crippen molar-refractivity contribution in [2.75, 3.05) is 11.9 Å². The van der Waals surface area contributed by atoms with E-state index in [1.54, 1.807) is 0 Å². The SMILES string of the molecule is CCCCCNc1ccc(C)nc1C. The van der Waals surface area contributed by atoms with Gasteiger partial charge in [-0.15, -0.1) is 0 Å². The van der Waals surface area contributed by atoms with Crippen LogP contribution in [0.25, 0.3) is 0 Å². The van der Waals surface area contributed by atoms with Crippen molar-refractivity contribution in [3.63, 3.8) is 0 Å². The second kappa shape index (κ2) is 5.63.